The summed E-state index contributed by atoms with van der Waals surface area (Å²) in [7, 11) is 0. The normalized spacial score (nSPS) is 10.2. The molecule has 2 aromatic rings. The van der Waals surface area contributed by atoms with Crippen LogP contribution in [0.2, 0.25) is 5.02 Å². The third kappa shape index (κ3) is 7.67. The summed E-state index contributed by atoms with van der Waals surface area (Å²) in [6, 6.07) is 11.4. The molecule has 0 bridgehead atoms. The van der Waals surface area contributed by atoms with E-state index < -0.39 is 24.4 Å². The standard InChI is InChI=1S/C20H18BrClN2O5/c1-12(25)13-3-2-4-14(9-13)23-18(26)7-8-20(28)29-11-19(27)24-15-5-6-16(21)17(22)10-15/h2-6,9-10H,7-8,11H2,1H3,(H,23,26)(H,24,27). The SMILES string of the molecule is CC(=O)c1cccc(NC(=O)CCC(=O)OCC(=O)Nc2ccc(Br)c(Cl)c2)c1. The minimum atomic E-state index is -0.679. The first kappa shape index (κ1) is 22.6. The van der Waals surface area contributed by atoms with Crippen molar-refractivity contribution in [3.63, 3.8) is 0 Å². The molecule has 0 aromatic heterocycles. The monoisotopic (exact) mass is 480 g/mol. The number of amides is 2. The van der Waals surface area contributed by atoms with Crippen LogP contribution in [0, 0.1) is 0 Å². The summed E-state index contributed by atoms with van der Waals surface area (Å²) in [5, 5.41) is 5.58. The number of rotatable bonds is 8. The van der Waals surface area contributed by atoms with Crippen LogP contribution in [0.4, 0.5) is 11.4 Å². The van der Waals surface area contributed by atoms with Crippen molar-refractivity contribution >= 4 is 62.5 Å². The van der Waals surface area contributed by atoms with E-state index in [4.69, 9.17) is 16.3 Å². The van der Waals surface area contributed by atoms with Gasteiger partial charge in [-0.25, -0.2) is 0 Å². The lowest BCUT2D eigenvalue weighted by molar-refractivity contribution is -0.147. The van der Waals surface area contributed by atoms with Gasteiger partial charge in [-0.15, -0.1) is 0 Å². The van der Waals surface area contributed by atoms with Crippen molar-refractivity contribution in [1.82, 2.24) is 0 Å². The number of hydrogen-bond acceptors (Lipinski definition) is 5. The Morgan fingerprint density at radius 2 is 1.66 bits per heavy atom. The van der Waals surface area contributed by atoms with E-state index in [-0.39, 0.29) is 18.6 Å². The molecule has 2 amide bonds. The average Bonchev–Trinajstić information content (AvgIpc) is 2.68. The Balaban J connectivity index is 1.72. The van der Waals surface area contributed by atoms with Crippen molar-refractivity contribution in [3.8, 4) is 0 Å². The number of carbonyl (C=O) groups is 4. The number of hydrogen-bond donors (Lipinski definition) is 2. The van der Waals surface area contributed by atoms with Crippen molar-refractivity contribution in [3.05, 3.63) is 57.5 Å². The van der Waals surface area contributed by atoms with Crippen molar-refractivity contribution in [2.45, 2.75) is 19.8 Å². The molecule has 2 rings (SSSR count). The van der Waals surface area contributed by atoms with Crippen LogP contribution in [0.3, 0.4) is 0 Å². The number of anilines is 2. The molecule has 0 radical (unpaired) electrons. The van der Waals surface area contributed by atoms with Gasteiger partial charge in [0.2, 0.25) is 5.91 Å². The molecular weight excluding hydrogens is 464 g/mol. The van der Waals surface area contributed by atoms with E-state index in [1.807, 2.05) is 0 Å². The lowest BCUT2D eigenvalue weighted by Gasteiger charge is -2.08. The number of carbonyl (C=O) groups excluding carboxylic acids is 4. The quantitative estimate of drug-likeness (QED) is 0.434. The smallest absolute Gasteiger partial charge is 0.306 e. The van der Waals surface area contributed by atoms with Crippen molar-refractivity contribution in [1.29, 1.82) is 0 Å². The molecule has 9 heteroatoms. The Hall–Kier alpha value is -2.71. The number of benzene rings is 2. The maximum Gasteiger partial charge on any atom is 0.306 e. The first-order valence-electron chi connectivity index (χ1n) is 8.56. The highest BCUT2D eigenvalue weighted by Gasteiger charge is 2.12. The Bertz CT molecular complexity index is 948. The zero-order chi connectivity index (χ0) is 21.4. The second-order valence-electron chi connectivity index (χ2n) is 6.02. The van der Waals surface area contributed by atoms with Crippen LogP contribution in [-0.4, -0.2) is 30.2 Å². The largest absolute Gasteiger partial charge is 0.456 e. The molecule has 0 atom stereocenters. The summed E-state index contributed by atoms with van der Waals surface area (Å²) in [5.41, 5.74) is 1.40. The van der Waals surface area contributed by atoms with E-state index in [0.717, 1.165) is 0 Å². The fourth-order valence-corrected chi connectivity index (χ4v) is 2.67. The van der Waals surface area contributed by atoms with Gasteiger partial charge < -0.3 is 15.4 Å². The van der Waals surface area contributed by atoms with Gasteiger partial charge in [-0.1, -0.05) is 23.7 Å². The molecule has 0 saturated carbocycles. The molecule has 7 nitrogen and oxygen atoms in total. The van der Waals surface area contributed by atoms with E-state index in [0.29, 0.717) is 26.4 Å². The van der Waals surface area contributed by atoms with Gasteiger partial charge in [0.1, 0.15) is 0 Å². The van der Waals surface area contributed by atoms with E-state index >= 15 is 0 Å². The van der Waals surface area contributed by atoms with Crippen LogP contribution in [0.25, 0.3) is 0 Å². The van der Waals surface area contributed by atoms with Crippen molar-refractivity contribution in [2.75, 3.05) is 17.2 Å². The van der Waals surface area contributed by atoms with Crippen LogP contribution < -0.4 is 10.6 Å². The molecule has 0 saturated heterocycles. The molecule has 2 N–H and O–H groups in total. The molecule has 29 heavy (non-hydrogen) atoms. The zero-order valence-electron chi connectivity index (χ0n) is 15.5. The van der Waals surface area contributed by atoms with Crippen LogP contribution in [0.5, 0.6) is 0 Å². The number of esters is 1. The van der Waals surface area contributed by atoms with Gasteiger partial charge in [-0.3, -0.25) is 19.2 Å². The van der Waals surface area contributed by atoms with E-state index in [2.05, 4.69) is 26.6 Å². The zero-order valence-corrected chi connectivity index (χ0v) is 17.8. The number of nitrogens with one attached hydrogen (secondary N) is 2. The number of ketones is 1. The van der Waals surface area contributed by atoms with Crippen LogP contribution in [-0.2, 0) is 19.1 Å². The van der Waals surface area contributed by atoms with Crippen LogP contribution >= 0.6 is 27.5 Å². The van der Waals surface area contributed by atoms with Gasteiger partial charge in [0.15, 0.2) is 12.4 Å². The molecule has 2 aromatic carbocycles. The molecule has 0 heterocycles. The fourth-order valence-electron chi connectivity index (χ4n) is 2.24. The summed E-state index contributed by atoms with van der Waals surface area (Å²) in [4.78, 5) is 46.9. The highest BCUT2D eigenvalue weighted by molar-refractivity contribution is 9.10. The second-order valence-corrected chi connectivity index (χ2v) is 7.28. The Morgan fingerprint density at radius 1 is 0.966 bits per heavy atom. The minimum absolute atomic E-state index is 0.117. The summed E-state index contributed by atoms with van der Waals surface area (Å²) in [5.74, 6) is -1.73. The average molecular weight is 482 g/mol. The molecule has 0 aliphatic carbocycles. The summed E-state index contributed by atoms with van der Waals surface area (Å²) >= 11 is 9.18. The van der Waals surface area contributed by atoms with Crippen molar-refractivity contribution < 1.29 is 23.9 Å². The molecule has 0 spiro atoms. The highest BCUT2D eigenvalue weighted by atomic mass is 79.9. The summed E-state index contributed by atoms with van der Waals surface area (Å²) in [6.45, 7) is 0.952. The maximum absolute atomic E-state index is 11.9. The topological polar surface area (TPSA) is 102 Å². The molecule has 152 valence electrons. The fraction of sp³-hybridized carbons (Fsp3) is 0.200. The summed E-state index contributed by atoms with van der Waals surface area (Å²) < 4.78 is 5.55. The second kappa shape index (κ2) is 10.7. The van der Waals surface area contributed by atoms with Gasteiger partial charge >= 0.3 is 5.97 Å². The predicted octanol–water partition coefficient (Wildman–Crippen LogP) is 4.21. The number of halogens is 2. The lowest BCUT2D eigenvalue weighted by Crippen LogP contribution is -2.21. The molecule has 0 aliphatic rings. The lowest BCUT2D eigenvalue weighted by atomic mass is 10.1. The summed E-state index contributed by atoms with van der Waals surface area (Å²) in [6.07, 6.45) is -0.303. The number of Topliss-reactive ketones (excluding diaryl/α,β-unsaturated/α-hetero) is 1. The van der Waals surface area contributed by atoms with E-state index in [9.17, 15) is 19.2 Å². The third-order valence-corrected chi connectivity index (χ3v) is 4.91. The third-order valence-electron chi connectivity index (χ3n) is 3.68. The molecule has 0 fully saturated rings. The van der Waals surface area contributed by atoms with Gasteiger partial charge in [0, 0.05) is 27.8 Å². The van der Waals surface area contributed by atoms with Gasteiger partial charge in [0.05, 0.1) is 11.4 Å². The van der Waals surface area contributed by atoms with Gasteiger partial charge in [-0.05, 0) is 53.2 Å². The first-order chi connectivity index (χ1) is 13.7. The Labute approximate surface area is 180 Å². The van der Waals surface area contributed by atoms with E-state index in [1.54, 1.807) is 42.5 Å². The predicted molar refractivity (Wildman–Crippen MR) is 113 cm³/mol. The van der Waals surface area contributed by atoms with Gasteiger partial charge in [0.25, 0.3) is 5.91 Å². The molecule has 0 unspecified atom stereocenters. The van der Waals surface area contributed by atoms with Crippen molar-refractivity contribution in [2.24, 2.45) is 0 Å². The van der Waals surface area contributed by atoms with Crippen LogP contribution in [0.1, 0.15) is 30.1 Å². The maximum atomic E-state index is 11.9. The molecule has 0 aliphatic heterocycles. The Kier molecular flexibility index (Phi) is 8.35. The molecular formula is C20H18BrClN2O5. The van der Waals surface area contributed by atoms with E-state index in [1.165, 1.54) is 6.92 Å². The number of ether oxygens (including phenoxy) is 1. The minimum Gasteiger partial charge on any atom is -0.456 e. The first-order valence-corrected chi connectivity index (χ1v) is 9.73. The highest BCUT2D eigenvalue weighted by Crippen LogP contribution is 2.25. The Morgan fingerprint density at radius 3 is 2.34 bits per heavy atom. The van der Waals surface area contributed by atoms with Crippen LogP contribution in [0.15, 0.2) is 46.9 Å². The van der Waals surface area contributed by atoms with Gasteiger partial charge in [-0.2, -0.15) is 0 Å².